The Hall–Kier alpha value is -3.75. The second kappa shape index (κ2) is 41.5. The Bertz CT molecular complexity index is 1970. The molecule has 2 saturated heterocycles. The van der Waals surface area contributed by atoms with Gasteiger partial charge in [0.15, 0.2) is 6.29 Å². The zero-order chi connectivity index (χ0) is 61.9. The third kappa shape index (κ3) is 26.9. The smallest absolute Gasteiger partial charge is 0.369 e. The maximum absolute atomic E-state index is 13.3. The Morgan fingerprint density at radius 3 is 1.82 bits per heavy atom. The first kappa shape index (κ1) is 73.7. The van der Waals surface area contributed by atoms with Crippen LogP contribution < -0.4 is 16.4 Å². The molecule has 22 nitrogen and oxygen atoms in total. The minimum absolute atomic E-state index is 0.0465. The molecule has 4 heterocycles. The van der Waals surface area contributed by atoms with Crippen molar-refractivity contribution >= 4 is 23.8 Å². The highest BCUT2D eigenvalue weighted by Crippen LogP contribution is 2.38. The summed E-state index contributed by atoms with van der Waals surface area (Å²) >= 11 is 0. The number of hydrogen-bond donors (Lipinski definition) is 10. The van der Waals surface area contributed by atoms with E-state index >= 15 is 0 Å². The molecule has 4 aliphatic heterocycles. The molecule has 0 aliphatic carbocycles. The van der Waals surface area contributed by atoms with E-state index in [4.69, 9.17) is 43.6 Å². The number of hydrogen-bond acceptors (Lipinski definition) is 18. The van der Waals surface area contributed by atoms with Crippen molar-refractivity contribution in [3.8, 4) is 0 Å². The second-order valence-corrected chi connectivity index (χ2v) is 23.5. The number of ether oxygens (including phenoxy) is 8. The highest BCUT2D eigenvalue weighted by atomic mass is 16.8. The van der Waals surface area contributed by atoms with E-state index in [2.05, 4.69) is 36.6 Å². The van der Waals surface area contributed by atoms with E-state index < -0.39 is 122 Å². The number of aliphatic hydroxyl groups is 5. The number of carboxylic acid groups (broad SMARTS) is 2. The van der Waals surface area contributed by atoms with Gasteiger partial charge >= 0.3 is 17.7 Å². The average molecular weight is 1210 g/mol. The van der Waals surface area contributed by atoms with Crippen LogP contribution in [0.25, 0.3) is 0 Å². The van der Waals surface area contributed by atoms with Gasteiger partial charge in [-0.2, -0.15) is 0 Å². The van der Waals surface area contributed by atoms with E-state index in [1.807, 2.05) is 0 Å². The van der Waals surface area contributed by atoms with Crippen molar-refractivity contribution < 1.29 is 92.8 Å². The maximum Gasteiger partial charge on any atom is 0.369 e. The predicted molar refractivity (Wildman–Crippen MR) is 316 cm³/mol. The first-order valence-electron chi connectivity index (χ1n) is 32.1. The number of carbonyl (C=O) groups excluding carboxylic acids is 2. The molecule has 487 valence electrons. The number of allylic oxidation sites excluding steroid dienone is 1. The van der Waals surface area contributed by atoms with Crippen molar-refractivity contribution in [2.24, 2.45) is 5.73 Å². The van der Waals surface area contributed by atoms with Crippen molar-refractivity contribution in [1.29, 1.82) is 0 Å². The summed E-state index contributed by atoms with van der Waals surface area (Å²) < 4.78 is 46.2. The Balaban J connectivity index is 1.31. The summed E-state index contributed by atoms with van der Waals surface area (Å²) in [5, 5.41) is 81.1. The van der Waals surface area contributed by atoms with Gasteiger partial charge in [-0.1, -0.05) is 186 Å². The molecule has 0 aromatic carbocycles. The zero-order valence-electron chi connectivity index (χ0n) is 51.1. The SMILES string of the molecule is CCCCCCCCCCCCCC=CC[C@H](CO[C@H]1C=C[C@H](O[C@@H]2OC=C[C@H](O[C@]3(C(=O)O)C[C@H](O)[C@@H](NC(C)=O)[C@H]([C@@H](O)[CH]O[C@]4(C(=O)O)C[C@H](O)[C@@H](N)[CH+]O4)O3)[C@H]2O)[C@@H](CO)O1)NC(=O)CCCCCCCCCCCCCCCCC. The van der Waals surface area contributed by atoms with Crippen molar-refractivity contribution in [3.05, 3.63) is 49.9 Å². The van der Waals surface area contributed by atoms with Crippen LogP contribution in [0.4, 0.5) is 0 Å². The summed E-state index contributed by atoms with van der Waals surface area (Å²) in [6.07, 6.45) is 27.3. The van der Waals surface area contributed by atoms with E-state index in [-0.39, 0.29) is 18.6 Å². The summed E-state index contributed by atoms with van der Waals surface area (Å²) in [4.78, 5) is 50.9. The van der Waals surface area contributed by atoms with E-state index in [0.29, 0.717) is 19.4 Å². The van der Waals surface area contributed by atoms with Crippen LogP contribution in [0.3, 0.4) is 0 Å². The Morgan fingerprint density at radius 1 is 0.729 bits per heavy atom. The minimum atomic E-state index is -2.86. The quantitative estimate of drug-likeness (QED) is 0.0158. The van der Waals surface area contributed by atoms with Gasteiger partial charge in [0.1, 0.15) is 49.3 Å². The van der Waals surface area contributed by atoms with Crippen LogP contribution in [0, 0.1) is 13.2 Å². The van der Waals surface area contributed by atoms with Crippen molar-refractivity contribution in [1.82, 2.24) is 10.6 Å². The Morgan fingerprint density at radius 2 is 1.28 bits per heavy atom. The van der Waals surface area contributed by atoms with Crippen LogP contribution in [-0.4, -0.2) is 164 Å². The van der Waals surface area contributed by atoms with Gasteiger partial charge < -0.3 is 79.5 Å². The predicted octanol–water partition coefficient (Wildman–Crippen LogP) is 7.70. The third-order valence-corrected chi connectivity index (χ3v) is 16.1. The molecule has 0 spiro atoms. The van der Waals surface area contributed by atoms with Gasteiger partial charge in [0.2, 0.25) is 24.1 Å². The average Bonchev–Trinajstić information content (AvgIpc) is 1.47. The van der Waals surface area contributed by atoms with Gasteiger partial charge in [0, 0.05) is 26.2 Å². The van der Waals surface area contributed by atoms with E-state index in [1.54, 1.807) is 12.2 Å². The lowest BCUT2D eigenvalue weighted by molar-refractivity contribution is -0.333. The largest absolute Gasteiger partial charge is 0.477 e. The first-order valence-corrected chi connectivity index (χ1v) is 32.1. The molecule has 0 bridgehead atoms. The monoisotopic (exact) mass is 1210 g/mol. The number of nitrogens with one attached hydrogen (secondary N) is 2. The van der Waals surface area contributed by atoms with Gasteiger partial charge in [-0.05, 0) is 37.8 Å². The zero-order valence-corrected chi connectivity index (χ0v) is 51.1. The fraction of sp³-hybridized carbons (Fsp3) is 0.810. The lowest BCUT2D eigenvalue weighted by atomic mass is 9.89. The molecule has 15 atom stereocenters. The number of nitrogens with two attached hydrogens (primary N) is 1. The standard InChI is InChI=1S/C63H106N3O19/c1-4-6-8-10-12-14-16-18-20-22-24-26-28-30-32-34-54(72)66-46(33-31-29-27-25-23-21-19-17-15-13-11-9-7-5-2)42-79-55-36-35-51(53(41-67)82-55)83-59-57(73)52(37-38-78-59)84-63(61(76)77)40-49(70)56(65-45(3)68)58(85-63)50(71)44-81-62(60(74)75)39-48(69)47(64)43-80-62/h29,31,35-38,43-44,46-53,55-59,67,69-71,73H,4-28,30,32-34,39-42,64H2,1-3H3,(H3-,65,66,68,72,74,75,76,77)/p+1/t46-,47+,48+,49+,50+,51+,52+,53-,55-,56-,57-,58+,59+,62+,63-/m1/s1. The van der Waals surface area contributed by atoms with Crippen LogP contribution in [0.2, 0.25) is 0 Å². The first-order chi connectivity index (χ1) is 41.0. The van der Waals surface area contributed by atoms with Crippen molar-refractivity contribution in [2.45, 2.75) is 311 Å². The summed E-state index contributed by atoms with van der Waals surface area (Å²) in [6, 6.07) is -2.95. The summed E-state index contributed by atoms with van der Waals surface area (Å²) in [6.45, 7) is 6.48. The molecule has 85 heavy (non-hydrogen) atoms. The van der Waals surface area contributed by atoms with E-state index in [1.165, 1.54) is 141 Å². The lowest BCUT2D eigenvalue weighted by Crippen LogP contribution is -2.67. The van der Waals surface area contributed by atoms with Crippen LogP contribution in [0.1, 0.15) is 220 Å². The molecule has 0 unspecified atom stereocenters. The molecule has 2 amide bonds. The normalized spacial score (nSPS) is 29.3. The summed E-state index contributed by atoms with van der Waals surface area (Å²) in [7, 11) is 0. The molecule has 0 aromatic rings. The van der Waals surface area contributed by atoms with Crippen LogP contribution in [0.15, 0.2) is 36.6 Å². The number of amides is 2. The van der Waals surface area contributed by atoms with E-state index in [9.17, 15) is 54.9 Å². The highest BCUT2D eigenvalue weighted by Gasteiger charge is 2.59. The molecule has 11 N–H and O–H groups in total. The highest BCUT2D eigenvalue weighted by molar-refractivity contribution is 5.77. The third-order valence-electron chi connectivity index (χ3n) is 16.1. The van der Waals surface area contributed by atoms with Crippen LogP contribution in [0.5, 0.6) is 0 Å². The number of rotatable bonds is 46. The second-order valence-electron chi connectivity index (χ2n) is 23.5. The molecule has 1 radical (unpaired) electrons. The van der Waals surface area contributed by atoms with Crippen molar-refractivity contribution in [3.63, 3.8) is 0 Å². The molecule has 4 aliphatic rings. The fourth-order valence-corrected chi connectivity index (χ4v) is 11.0. The number of carboxylic acids is 2. The van der Waals surface area contributed by atoms with Gasteiger partial charge in [-0.3, -0.25) is 15.3 Å². The molecule has 2 fully saturated rings. The lowest BCUT2D eigenvalue weighted by Gasteiger charge is -2.47. The number of unbranched alkanes of at least 4 members (excludes halogenated alkanes) is 25. The topological polar surface area (TPSA) is 334 Å². The molecular formula is C63H107N3O19+. The number of aliphatic carboxylic acids is 2. The number of aliphatic hydroxyl groups excluding tert-OH is 5. The molecule has 4 rings (SSSR count). The molecule has 22 heteroatoms. The van der Waals surface area contributed by atoms with Crippen LogP contribution >= 0.6 is 0 Å². The molecular weight excluding hydrogens is 1100 g/mol. The van der Waals surface area contributed by atoms with Crippen LogP contribution in [-0.2, 0) is 57.1 Å². The van der Waals surface area contributed by atoms with Gasteiger partial charge in [-0.15, -0.1) is 4.74 Å². The summed E-state index contributed by atoms with van der Waals surface area (Å²) in [5.74, 6) is -9.75. The van der Waals surface area contributed by atoms with Gasteiger partial charge in [0.05, 0.1) is 37.7 Å². The Kier molecular flexibility index (Phi) is 36.0. The van der Waals surface area contributed by atoms with Gasteiger partial charge in [0.25, 0.3) is 12.4 Å². The van der Waals surface area contributed by atoms with E-state index in [0.717, 1.165) is 58.0 Å². The molecule has 0 saturated carbocycles. The van der Waals surface area contributed by atoms with Crippen molar-refractivity contribution in [2.75, 3.05) is 13.2 Å². The maximum atomic E-state index is 13.3. The summed E-state index contributed by atoms with van der Waals surface area (Å²) in [5.41, 5.74) is 5.71. The van der Waals surface area contributed by atoms with Gasteiger partial charge in [-0.25, -0.2) is 9.59 Å². The fourth-order valence-electron chi connectivity index (χ4n) is 11.0. The number of carbonyl (C=O) groups is 4. The minimum Gasteiger partial charge on any atom is -0.477 e. The Labute approximate surface area is 505 Å². The molecule has 0 aromatic heterocycles.